The second-order valence-corrected chi connectivity index (χ2v) is 4.88. The first-order chi connectivity index (χ1) is 7.54. The highest BCUT2D eigenvalue weighted by atomic mass is 16.1. The molecule has 0 aromatic heterocycles. The van der Waals surface area contributed by atoms with Crippen molar-refractivity contribution in [1.82, 2.24) is 5.32 Å². The molecular formula is C13H28N2O. The number of amides is 1. The zero-order valence-corrected chi connectivity index (χ0v) is 11.3. The summed E-state index contributed by atoms with van der Waals surface area (Å²) in [5, 5.41) is 3.06. The van der Waals surface area contributed by atoms with Gasteiger partial charge in [0.15, 0.2) is 0 Å². The fourth-order valence-electron chi connectivity index (χ4n) is 1.89. The summed E-state index contributed by atoms with van der Waals surface area (Å²) in [6.07, 6.45) is 4.11. The first kappa shape index (κ1) is 15.4. The second kappa shape index (κ2) is 8.57. The molecule has 3 unspecified atom stereocenters. The third kappa shape index (κ3) is 6.11. The standard InChI is InChI=1S/C13H28N2O/c1-5-7-12(9-14)13(16)15-11(4)8-10(3)6-2/h10-12H,5-9,14H2,1-4H3,(H,15,16). The van der Waals surface area contributed by atoms with Crippen LogP contribution in [0.3, 0.4) is 0 Å². The van der Waals surface area contributed by atoms with Crippen LogP contribution in [0.4, 0.5) is 0 Å². The van der Waals surface area contributed by atoms with Crippen molar-refractivity contribution in [2.45, 2.75) is 59.4 Å². The van der Waals surface area contributed by atoms with Crippen LogP contribution in [0.5, 0.6) is 0 Å². The summed E-state index contributed by atoms with van der Waals surface area (Å²) in [6.45, 7) is 9.01. The maximum Gasteiger partial charge on any atom is 0.224 e. The molecule has 0 aromatic carbocycles. The van der Waals surface area contributed by atoms with Gasteiger partial charge in [-0.2, -0.15) is 0 Å². The van der Waals surface area contributed by atoms with Crippen LogP contribution in [0.25, 0.3) is 0 Å². The molecule has 0 aliphatic heterocycles. The van der Waals surface area contributed by atoms with Crippen LogP contribution in [0.1, 0.15) is 53.4 Å². The largest absolute Gasteiger partial charge is 0.353 e. The summed E-state index contributed by atoms with van der Waals surface area (Å²) in [6, 6.07) is 0.258. The first-order valence-corrected chi connectivity index (χ1v) is 6.55. The Balaban J connectivity index is 4.00. The molecule has 1 amide bonds. The van der Waals surface area contributed by atoms with E-state index in [1.807, 2.05) is 0 Å². The van der Waals surface area contributed by atoms with E-state index in [0.717, 1.165) is 25.7 Å². The Morgan fingerprint density at radius 1 is 1.31 bits per heavy atom. The van der Waals surface area contributed by atoms with E-state index in [-0.39, 0.29) is 17.9 Å². The Hall–Kier alpha value is -0.570. The molecule has 0 saturated heterocycles. The quantitative estimate of drug-likeness (QED) is 0.670. The fraction of sp³-hybridized carbons (Fsp3) is 0.923. The number of rotatable bonds is 8. The topological polar surface area (TPSA) is 55.1 Å². The van der Waals surface area contributed by atoms with Crippen LogP contribution < -0.4 is 11.1 Å². The van der Waals surface area contributed by atoms with Crippen molar-refractivity contribution in [3.05, 3.63) is 0 Å². The summed E-state index contributed by atoms with van der Waals surface area (Å²) in [7, 11) is 0. The fourth-order valence-corrected chi connectivity index (χ4v) is 1.89. The zero-order chi connectivity index (χ0) is 12.6. The molecule has 0 spiro atoms. The van der Waals surface area contributed by atoms with E-state index >= 15 is 0 Å². The summed E-state index contributed by atoms with van der Waals surface area (Å²) in [5.41, 5.74) is 5.60. The predicted molar refractivity (Wildman–Crippen MR) is 69.1 cm³/mol. The minimum atomic E-state index is -0.00983. The first-order valence-electron chi connectivity index (χ1n) is 6.55. The van der Waals surface area contributed by atoms with Crippen LogP contribution in [-0.2, 0) is 4.79 Å². The van der Waals surface area contributed by atoms with Gasteiger partial charge < -0.3 is 11.1 Å². The molecule has 3 nitrogen and oxygen atoms in total. The number of nitrogens with two attached hydrogens (primary N) is 1. The van der Waals surface area contributed by atoms with Crippen molar-refractivity contribution in [3.63, 3.8) is 0 Å². The number of carbonyl (C=O) groups is 1. The zero-order valence-electron chi connectivity index (χ0n) is 11.3. The summed E-state index contributed by atoms with van der Waals surface area (Å²) in [5.74, 6) is 0.780. The molecule has 16 heavy (non-hydrogen) atoms. The third-order valence-corrected chi connectivity index (χ3v) is 3.13. The number of hydrogen-bond donors (Lipinski definition) is 2. The van der Waals surface area contributed by atoms with Crippen molar-refractivity contribution in [2.75, 3.05) is 6.54 Å². The molecule has 3 N–H and O–H groups in total. The van der Waals surface area contributed by atoms with Gasteiger partial charge in [-0.05, 0) is 25.7 Å². The second-order valence-electron chi connectivity index (χ2n) is 4.88. The molecular weight excluding hydrogens is 200 g/mol. The number of hydrogen-bond acceptors (Lipinski definition) is 2. The van der Waals surface area contributed by atoms with E-state index in [1.54, 1.807) is 0 Å². The minimum absolute atomic E-state index is 0.00983. The van der Waals surface area contributed by atoms with Gasteiger partial charge in [-0.25, -0.2) is 0 Å². The monoisotopic (exact) mass is 228 g/mol. The summed E-state index contributed by atoms with van der Waals surface area (Å²) < 4.78 is 0. The van der Waals surface area contributed by atoms with Gasteiger partial charge in [0.05, 0.1) is 5.92 Å². The molecule has 0 fully saturated rings. The van der Waals surface area contributed by atoms with E-state index in [2.05, 4.69) is 33.0 Å². The van der Waals surface area contributed by atoms with Crippen molar-refractivity contribution in [2.24, 2.45) is 17.6 Å². The van der Waals surface area contributed by atoms with Crippen molar-refractivity contribution < 1.29 is 4.79 Å². The Morgan fingerprint density at radius 2 is 1.94 bits per heavy atom. The van der Waals surface area contributed by atoms with Gasteiger partial charge in [-0.15, -0.1) is 0 Å². The molecule has 0 saturated carbocycles. The average Bonchev–Trinajstić information content (AvgIpc) is 2.25. The molecule has 3 heteroatoms. The van der Waals surface area contributed by atoms with Crippen LogP contribution >= 0.6 is 0 Å². The summed E-state index contributed by atoms with van der Waals surface area (Å²) in [4.78, 5) is 11.9. The minimum Gasteiger partial charge on any atom is -0.353 e. The van der Waals surface area contributed by atoms with Gasteiger partial charge >= 0.3 is 0 Å². The van der Waals surface area contributed by atoms with Crippen molar-refractivity contribution >= 4 is 5.91 Å². The molecule has 0 radical (unpaired) electrons. The highest BCUT2D eigenvalue weighted by molar-refractivity contribution is 5.79. The Bertz CT molecular complexity index is 194. The van der Waals surface area contributed by atoms with Crippen LogP contribution in [0.15, 0.2) is 0 Å². The molecule has 0 aromatic rings. The smallest absolute Gasteiger partial charge is 0.224 e. The van der Waals surface area contributed by atoms with Crippen LogP contribution in [-0.4, -0.2) is 18.5 Å². The van der Waals surface area contributed by atoms with Gasteiger partial charge in [0.25, 0.3) is 0 Å². The Labute approximate surface area is 100 Å². The summed E-state index contributed by atoms with van der Waals surface area (Å²) >= 11 is 0. The molecule has 96 valence electrons. The van der Waals surface area contributed by atoms with Crippen molar-refractivity contribution in [3.8, 4) is 0 Å². The van der Waals surface area contributed by atoms with E-state index in [1.165, 1.54) is 0 Å². The number of carbonyl (C=O) groups excluding carboxylic acids is 1. The SMILES string of the molecule is CCCC(CN)C(=O)NC(C)CC(C)CC. The molecule has 0 rings (SSSR count). The van der Waals surface area contributed by atoms with Gasteiger partial charge in [0.2, 0.25) is 5.91 Å². The molecule has 3 atom stereocenters. The maximum atomic E-state index is 11.9. The van der Waals surface area contributed by atoms with E-state index in [9.17, 15) is 4.79 Å². The Morgan fingerprint density at radius 3 is 2.38 bits per heavy atom. The molecule has 0 aliphatic rings. The van der Waals surface area contributed by atoms with Gasteiger partial charge in [-0.1, -0.05) is 33.6 Å². The van der Waals surface area contributed by atoms with Crippen molar-refractivity contribution in [1.29, 1.82) is 0 Å². The third-order valence-electron chi connectivity index (χ3n) is 3.13. The molecule has 0 heterocycles. The van der Waals surface area contributed by atoms with Gasteiger partial charge in [0, 0.05) is 12.6 Å². The predicted octanol–water partition coefficient (Wildman–Crippen LogP) is 2.30. The molecule has 0 bridgehead atoms. The van der Waals surface area contributed by atoms with E-state index < -0.39 is 0 Å². The molecule has 0 aliphatic carbocycles. The number of nitrogens with one attached hydrogen (secondary N) is 1. The van der Waals surface area contributed by atoms with E-state index in [4.69, 9.17) is 5.73 Å². The van der Waals surface area contributed by atoms with Crippen LogP contribution in [0.2, 0.25) is 0 Å². The van der Waals surface area contributed by atoms with Gasteiger partial charge in [-0.3, -0.25) is 4.79 Å². The lowest BCUT2D eigenvalue weighted by atomic mass is 9.98. The lowest BCUT2D eigenvalue weighted by Crippen LogP contribution is -2.40. The van der Waals surface area contributed by atoms with E-state index in [0.29, 0.717) is 12.5 Å². The highest BCUT2D eigenvalue weighted by Crippen LogP contribution is 2.11. The van der Waals surface area contributed by atoms with Crippen LogP contribution in [0, 0.1) is 11.8 Å². The lowest BCUT2D eigenvalue weighted by Gasteiger charge is -2.21. The highest BCUT2D eigenvalue weighted by Gasteiger charge is 2.18. The Kier molecular flexibility index (Phi) is 8.26. The average molecular weight is 228 g/mol. The maximum absolute atomic E-state index is 11.9. The normalized spacial score (nSPS) is 16.6. The van der Waals surface area contributed by atoms with Gasteiger partial charge in [0.1, 0.15) is 0 Å². The lowest BCUT2D eigenvalue weighted by molar-refractivity contribution is -0.125.